The molecule has 0 aliphatic carbocycles. The predicted molar refractivity (Wildman–Crippen MR) is 78.2 cm³/mol. The van der Waals surface area contributed by atoms with E-state index in [4.69, 9.17) is 4.74 Å². The molecule has 0 heterocycles. The van der Waals surface area contributed by atoms with Crippen LogP contribution in [0, 0.1) is 13.8 Å². The van der Waals surface area contributed by atoms with Gasteiger partial charge in [0, 0.05) is 6.04 Å². The third-order valence-electron chi connectivity index (χ3n) is 3.54. The number of hydrogen-bond donors (Lipinski definition) is 1. The van der Waals surface area contributed by atoms with Gasteiger partial charge in [0.1, 0.15) is 6.04 Å². The molecule has 3 heteroatoms. The molecule has 0 amide bonds. The van der Waals surface area contributed by atoms with E-state index < -0.39 is 0 Å². The van der Waals surface area contributed by atoms with Crippen molar-refractivity contribution >= 4 is 5.97 Å². The quantitative estimate of drug-likeness (QED) is 0.800. The van der Waals surface area contributed by atoms with Gasteiger partial charge in [-0.05, 0) is 50.8 Å². The van der Waals surface area contributed by atoms with Crippen molar-refractivity contribution < 1.29 is 9.53 Å². The Morgan fingerprint density at radius 1 is 1.32 bits per heavy atom. The zero-order valence-corrected chi connectivity index (χ0v) is 12.6. The predicted octanol–water partition coefficient (Wildman–Crippen LogP) is 3.30. The molecule has 0 fully saturated rings. The topological polar surface area (TPSA) is 38.3 Å². The van der Waals surface area contributed by atoms with Crippen molar-refractivity contribution in [1.29, 1.82) is 0 Å². The number of esters is 1. The molecular weight excluding hydrogens is 238 g/mol. The summed E-state index contributed by atoms with van der Waals surface area (Å²) >= 11 is 0. The van der Waals surface area contributed by atoms with E-state index in [9.17, 15) is 4.79 Å². The summed E-state index contributed by atoms with van der Waals surface area (Å²) in [6.45, 7) is 10.5. The van der Waals surface area contributed by atoms with Crippen LogP contribution in [0.5, 0.6) is 0 Å². The maximum Gasteiger partial charge on any atom is 0.327 e. The fourth-order valence-electron chi connectivity index (χ4n) is 2.00. The Labute approximate surface area is 116 Å². The Morgan fingerprint density at radius 2 is 2.00 bits per heavy atom. The third kappa shape index (κ3) is 4.06. The molecule has 1 rings (SSSR count). The Balaban J connectivity index is 3.07. The van der Waals surface area contributed by atoms with E-state index in [0.717, 1.165) is 17.5 Å². The first-order valence-corrected chi connectivity index (χ1v) is 7.00. The first-order chi connectivity index (χ1) is 9.01. The highest BCUT2D eigenvalue weighted by Gasteiger charge is 2.24. The fourth-order valence-corrected chi connectivity index (χ4v) is 2.00. The number of hydrogen-bond acceptors (Lipinski definition) is 3. The molecule has 3 nitrogen and oxygen atoms in total. The Kier molecular flexibility index (Phi) is 6.03. The molecule has 0 saturated heterocycles. The largest absolute Gasteiger partial charge is 0.465 e. The number of rotatable bonds is 6. The second-order valence-electron chi connectivity index (χ2n) is 4.95. The second-order valence-corrected chi connectivity index (χ2v) is 4.95. The van der Waals surface area contributed by atoms with Crippen molar-refractivity contribution in [2.24, 2.45) is 0 Å². The summed E-state index contributed by atoms with van der Waals surface area (Å²) in [4.78, 5) is 12.2. The highest BCUT2D eigenvalue weighted by atomic mass is 16.5. The molecule has 0 aliphatic heterocycles. The van der Waals surface area contributed by atoms with Gasteiger partial charge in [0.25, 0.3) is 0 Å². The van der Waals surface area contributed by atoms with Gasteiger partial charge < -0.3 is 4.74 Å². The van der Waals surface area contributed by atoms with Crippen molar-refractivity contribution in [3.05, 3.63) is 34.9 Å². The highest BCUT2D eigenvalue weighted by molar-refractivity contribution is 5.78. The normalized spacial score (nSPS) is 13.9. The average molecular weight is 263 g/mol. The van der Waals surface area contributed by atoms with Gasteiger partial charge in [-0.1, -0.05) is 25.1 Å². The number of benzene rings is 1. The van der Waals surface area contributed by atoms with Gasteiger partial charge in [0.05, 0.1) is 6.61 Å². The molecule has 1 N–H and O–H groups in total. The number of carbonyl (C=O) groups excluding carboxylic acids is 1. The van der Waals surface area contributed by atoms with Crippen molar-refractivity contribution in [3.8, 4) is 0 Å². The summed E-state index contributed by atoms with van der Waals surface area (Å²) in [6, 6.07) is 5.94. The lowest BCUT2D eigenvalue weighted by atomic mass is 9.96. The summed E-state index contributed by atoms with van der Waals surface area (Å²) in [5.41, 5.74) is 3.35. The first kappa shape index (κ1) is 15.7. The molecule has 0 bridgehead atoms. The van der Waals surface area contributed by atoms with E-state index in [2.05, 4.69) is 39.1 Å². The van der Waals surface area contributed by atoms with E-state index in [1.54, 1.807) is 0 Å². The summed E-state index contributed by atoms with van der Waals surface area (Å²) in [6.07, 6.45) is 0.973. The van der Waals surface area contributed by atoms with Crippen molar-refractivity contribution in [3.63, 3.8) is 0 Å². The van der Waals surface area contributed by atoms with Gasteiger partial charge >= 0.3 is 5.97 Å². The first-order valence-electron chi connectivity index (χ1n) is 7.00. The van der Waals surface area contributed by atoms with E-state index in [1.165, 1.54) is 5.56 Å². The minimum absolute atomic E-state index is 0.198. The zero-order valence-electron chi connectivity index (χ0n) is 12.6. The van der Waals surface area contributed by atoms with Crippen LogP contribution in [0.4, 0.5) is 0 Å². The number of carbonyl (C=O) groups is 1. The van der Waals surface area contributed by atoms with Crippen LogP contribution in [0.25, 0.3) is 0 Å². The van der Waals surface area contributed by atoms with Crippen molar-refractivity contribution in [2.75, 3.05) is 6.61 Å². The lowest BCUT2D eigenvalue weighted by molar-refractivity contribution is -0.146. The van der Waals surface area contributed by atoms with Gasteiger partial charge in [-0.25, -0.2) is 4.79 Å². The highest BCUT2D eigenvalue weighted by Crippen LogP contribution is 2.22. The number of aryl methyl sites for hydroxylation is 1. The molecule has 2 atom stereocenters. The third-order valence-corrected chi connectivity index (χ3v) is 3.54. The minimum Gasteiger partial charge on any atom is -0.465 e. The van der Waals surface area contributed by atoms with Gasteiger partial charge in [-0.2, -0.15) is 0 Å². The molecule has 1 aromatic carbocycles. The van der Waals surface area contributed by atoms with Crippen LogP contribution in [-0.2, 0) is 9.53 Å². The smallest absolute Gasteiger partial charge is 0.327 e. The molecule has 0 spiro atoms. The number of ether oxygens (including phenoxy) is 1. The summed E-state index contributed by atoms with van der Waals surface area (Å²) in [7, 11) is 0. The Morgan fingerprint density at radius 3 is 2.58 bits per heavy atom. The molecule has 1 aromatic rings. The van der Waals surface area contributed by atoms with E-state index >= 15 is 0 Å². The lowest BCUT2D eigenvalue weighted by Crippen LogP contribution is -2.36. The van der Waals surface area contributed by atoms with Crippen LogP contribution in [0.2, 0.25) is 0 Å². The van der Waals surface area contributed by atoms with Crippen LogP contribution >= 0.6 is 0 Å². The molecular formula is C16H25NO2. The van der Waals surface area contributed by atoms with Gasteiger partial charge in [0.15, 0.2) is 0 Å². The molecule has 0 aliphatic rings. The zero-order chi connectivity index (χ0) is 14.4. The van der Waals surface area contributed by atoms with Crippen LogP contribution in [0.15, 0.2) is 18.2 Å². The second kappa shape index (κ2) is 7.29. The lowest BCUT2D eigenvalue weighted by Gasteiger charge is -2.23. The van der Waals surface area contributed by atoms with Crippen molar-refractivity contribution in [2.45, 2.75) is 53.1 Å². The monoisotopic (exact) mass is 263 g/mol. The van der Waals surface area contributed by atoms with Gasteiger partial charge in [-0.15, -0.1) is 0 Å². The summed E-state index contributed by atoms with van der Waals surface area (Å²) in [5.74, 6) is -0.198. The Bertz CT molecular complexity index is 429. The van der Waals surface area contributed by atoms with Gasteiger partial charge in [0.2, 0.25) is 0 Å². The summed E-state index contributed by atoms with van der Waals surface area (Å²) < 4.78 is 5.20. The summed E-state index contributed by atoms with van der Waals surface area (Å²) in [5, 5.41) is 3.36. The number of nitrogens with one attached hydrogen (secondary N) is 1. The van der Waals surface area contributed by atoms with Crippen molar-refractivity contribution in [1.82, 2.24) is 5.32 Å². The molecule has 0 saturated carbocycles. The molecule has 0 aromatic heterocycles. The molecule has 2 unspecified atom stereocenters. The fraction of sp³-hybridized carbons (Fsp3) is 0.562. The molecule has 106 valence electrons. The minimum atomic E-state index is -0.380. The van der Waals surface area contributed by atoms with Gasteiger partial charge in [-0.3, -0.25) is 5.32 Å². The van der Waals surface area contributed by atoms with Crippen LogP contribution in [-0.4, -0.2) is 18.6 Å². The van der Waals surface area contributed by atoms with Crippen LogP contribution in [0.1, 0.15) is 49.9 Å². The molecule has 19 heavy (non-hydrogen) atoms. The molecule has 0 radical (unpaired) electrons. The van der Waals surface area contributed by atoms with E-state index in [1.807, 2.05) is 19.1 Å². The SMILES string of the molecule is CCOC(=O)C(NC(C)CC)c1cccc(C)c1C. The maximum atomic E-state index is 12.2. The van der Waals surface area contributed by atoms with Crippen LogP contribution in [0.3, 0.4) is 0 Å². The van der Waals surface area contributed by atoms with E-state index in [0.29, 0.717) is 6.61 Å². The maximum absolute atomic E-state index is 12.2. The standard InChI is InChI=1S/C16H25NO2/c1-6-12(4)17-15(16(18)19-7-2)14-10-8-9-11(3)13(14)5/h8-10,12,15,17H,6-7H2,1-5H3. The average Bonchev–Trinajstić information content (AvgIpc) is 2.39. The van der Waals surface area contributed by atoms with Crippen LogP contribution < -0.4 is 5.32 Å². The Hall–Kier alpha value is -1.35. The van der Waals surface area contributed by atoms with E-state index in [-0.39, 0.29) is 18.1 Å².